The number of hydrogen-bond acceptors (Lipinski definition) is 11. The van der Waals surface area contributed by atoms with Gasteiger partial charge >= 0.3 is 17.9 Å². The number of pyridine rings is 2. The Morgan fingerprint density at radius 2 is 1.95 bits per heavy atom. The van der Waals surface area contributed by atoms with Crippen LogP contribution in [0.4, 0.5) is 11.4 Å². The number of fused-ring (bicyclic) bond motifs is 6. The number of ether oxygens (including phenoxy) is 2. The fourth-order valence-corrected chi connectivity index (χ4v) is 8.42. The minimum Gasteiger partial charge on any atom is -0.480 e. The number of nitrogens with zero attached hydrogens (tertiary/aromatic N) is 3. The maximum Gasteiger partial charge on any atom is 0.326 e. The molecule has 0 radical (unpaired) electrons. The van der Waals surface area contributed by atoms with Crippen LogP contribution in [0, 0.1) is 0 Å². The van der Waals surface area contributed by atoms with E-state index in [4.69, 9.17) is 20.2 Å². The molecule has 0 fully saturated rings. The van der Waals surface area contributed by atoms with E-state index in [0.717, 1.165) is 44.3 Å². The molecule has 6 heterocycles. The number of carbonyl (C=O) groups excluding carboxylic acids is 3. The number of unbranched alkanes of at least 4 members (excludes halogenated alkanes) is 2. The van der Waals surface area contributed by atoms with Crippen LogP contribution in [0.25, 0.3) is 33.2 Å². The lowest BCUT2D eigenvalue weighted by Crippen LogP contribution is -2.49. The summed E-state index contributed by atoms with van der Waals surface area (Å²) >= 11 is 0. The SMILES string of the molecule is CC[C@@]1(CCCCCOC(=O)CC[C@H](NC(=O)[C@@H](N)Cc2c[nH]c3ccccc23)C(=O)O)C(=O)OCc2c1cc1n(c2=O)Cc2c-1nc1cccc3c1c2N=CN3. The molecule has 0 unspecified atom stereocenters. The van der Waals surface area contributed by atoms with Crippen LogP contribution in [0.5, 0.6) is 0 Å². The lowest BCUT2D eigenvalue weighted by Gasteiger charge is -2.36. The molecule has 1 amide bonds. The zero-order valence-corrected chi connectivity index (χ0v) is 31.4. The average Bonchev–Trinajstić information content (AvgIpc) is 3.80. The molecule has 5 aromatic rings. The van der Waals surface area contributed by atoms with Crippen LogP contribution in [-0.2, 0) is 53.6 Å². The molecule has 15 nitrogen and oxygen atoms in total. The van der Waals surface area contributed by atoms with E-state index in [1.807, 2.05) is 55.5 Å². The molecule has 3 atom stereocenters. The number of nitrogens with one attached hydrogen (secondary N) is 3. The maximum absolute atomic E-state index is 14.0. The van der Waals surface area contributed by atoms with Crippen molar-refractivity contribution in [3.63, 3.8) is 0 Å². The number of benzene rings is 2. The normalized spacial score (nSPS) is 17.3. The van der Waals surface area contributed by atoms with Crippen LogP contribution in [0.15, 0.2) is 64.5 Å². The van der Waals surface area contributed by atoms with Crippen LogP contribution in [0.1, 0.15) is 74.1 Å². The number of aromatic amines is 1. The van der Waals surface area contributed by atoms with E-state index in [9.17, 15) is 29.1 Å². The number of nitrogens with two attached hydrogens (primary N) is 1. The van der Waals surface area contributed by atoms with Gasteiger partial charge in [-0.3, -0.25) is 19.2 Å². The number of H-pyrrole nitrogens is 1. The van der Waals surface area contributed by atoms with Gasteiger partial charge in [0.15, 0.2) is 0 Å². The summed E-state index contributed by atoms with van der Waals surface area (Å²) in [6, 6.07) is 13.0. The van der Waals surface area contributed by atoms with Gasteiger partial charge in [0.1, 0.15) is 12.6 Å². The third-order valence-electron chi connectivity index (χ3n) is 11.5. The van der Waals surface area contributed by atoms with Gasteiger partial charge < -0.3 is 40.5 Å². The summed E-state index contributed by atoms with van der Waals surface area (Å²) in [5.74, 6) is -2.86. The first-order valence-electron chi connectivity index (χ1n) is 19.3. The molecule has 3 aromatic heterocycles. The van der Waals surface area contributed by atoms with Gasteiger partial charge in [-0.1, -0.05) is 44.0 Å². The van der Waals surface area contributed by atoms with Gasteiger partial charge in [0.25, 0.3) is 5.56 Å². The molecule has 0 spiro atoms. The summed E-state index contributed by atoms with van der Waals surface area (Å²) in [5.41, 5.74) is 12.4. The van der Waals surface area contributed by atoms with E-state index in [1.54, 1.807) is 17.1 Å². The van der Waals surface area contributed by atoms with Crippen molar-refractivity contribution in [3.8, 4) is 11.4 Å². The molecule has 57 heavy (non-hydrogen) atoms. The van der Waals surface area contributed by atoms with Crippen molar-refractivity contribution < 1.29 is 33.8 Å². The minimum atomic E-state index is -1.31. The van der Waals surface area contributed by atoms with E-state index in [1.165, 1.54) is 0 Å². The smallest absolute Gasteiger partial charge is 0.326 e. The van der Waals surface area contributed by atoms with E-state index < -0.39 is 35.3 Å². The Balaban J connectivity index is 0.858. The Kier molecular flexibility index (Phi) is 10.1. The summed E-state index contributed by atoms with van der Waals surface area (Å²) < 4.78 is 12.8. The first-order valence-corrected chi connectivity index (χ1v) is 19.3. The zero-order chi connectivity index (χ0) is 39.8. The molecule has 15 heteroatoms. The van der Waals surface area contributed by atoms with Crippen molar-refractivity contribution in [3.05, 3.63) is 87.3 Å². The number of hydrogen-bond donors (Lipinski definition) is 5. The van der Waals surface area contributed by atoms with Gasteiger partial charge in [0, 0.05) is 34.5 Å². The van der Waals surface area contributed by atoms with Crippen molar-refractivity contribution in [2.75, 3.05) is 11.9 Å². The van der Waals surface area contributed by atoms with Crippen LogP contribution in [0.3, 0.4) is 0 Å². The first-order chi connectivity index (χ1) is 27.6. The third kappa shape index (κ3) is 6.81. The number of aromatic nitrogens is 3. The van der Waals surface area contributed by atoms with Crippen molar-refractivity contribution >= 4 is 63.3 Å². The van der Waals surface area contributed by atoms with Crippen LogP contribution < -0.4 is 21.9 Å². The highest BCUT2D eigenvalue weighted by Gasteiger charge is 2.46. The second-order valence-electron chi connectivity index (χ2n) is 14.9. The Hall–Kier alpha value is -6.35. The van der Waals surface area contributed by atoms with Gasteiger partial charge in [-0.2, -0.15) is 0 Å². The van der Waals surface area contributed by atoms with Gasteiger partial charge in [-0.05, 0) is 67.5 Å². The van der Waals surface area contributed by atoms with E-state index in [2.05, 4.69) is 20.6 Å². The predicted molar refractivity (Wildman–Crippen MR) is 212 cm³/mol. The van der Waals surface area contributed by atoms with Crippen molar-refractivity contribution in [2.24, 2.45) is 10.7 Å². The van der Waals surface area contributed by atoms with Crippen LogP contribution in [0.2, 0.25) is 0 Å². The summed E-state index contributed by atoms with van der Waals surface area (Å²) in [7, 11) is 0. The lowest BCUT2D eigenvalue weighted by molar-refractivity contribution is -0.155. The number of aliphatic carboxylic acids is 1. The Bertz CT molecular complexity index is 2540. The second kappa shape index (κ2) is 15.3. The number of amides is 1. The molecule has 3 aliphatic rings. The predicted octanol–water partition coefficient (Wildman–Crippen LogP) is 4.72. The number of carbonyl (C=O) groups is 4. The number of cyclic esters (lactones) is 1. The molecule has 0 saturated carbocycles. The third-order valence-corrected chi connectivity index (χ3v) is 11.5. The number of para-hydroxylation sites is 1. The topological polar surface area (TPSA) is 220 Å². The number of carboxylic acids is 1. The van der Waals surface area contributed by atoms with Crippen molar-refractivity contribution in [1.29, 1.82) is 0 Å². The number of carboxylic acid groups (broad SMARTS) is 1. The average molecular weight is 774 g/mol. The summed E-state index contributed by atoms with van der Waals surface area (Å²) in [6.07, 6.45) is 5.83. The van der Waals surface area contributed by atoms with Crippen LogP contribution >= 0.6 is 0 Å². The molecular formula is C42H43N7O8. The Morgan fingerprint density at radius 1 is 1.11 bits per heavy atom. The molecule has 294 valence electrons. The van der Waals surface area contributed by atoms with Gasteiger partial charge in [-0.25, -0.2) is 14.8 Å². The van der Waals surface area contributed by atoms with Crippen LogP contribution in [-0.4, -0.2) is 68.5 Å². The van der Waals surface area contributed by atoms with Crippen molar-refractivity contribution in [2.45, 2.75) is 88.9 Å². The maximum atomic E-state index is 14.0. The lowest BCUT2D eigenvalue weighted by atomic mass is 9.71. The molecular weight excluding hydrogens is 731 g/mol. The van der Waals surface area contributed by atoms with E-state index in [-0.39, 0.29) is 44.0 Å². The number of esters is 2. The Morgan fingerprint density at radius 3 is 2.77 bits per heavy atom. The monoisotopic (exact) mass is 773 g/mol. The standard InChI is InChI=1S/C42H43N7O8/c1-2-42(15-6-3-7-16-56-34(50)14-13-32(40(53)54)48-38(51)28(43)17-23-19-44-29-10-5-4-9-24(23)29)27-18-33-36-25(20-49(33)39(52)26(27)21-57-41(42)55)37-35-30(45-22-46-37)11-8-12-31(35)47-36/h4-5,8-12,18-19,22,28,32,44H,2-3,6-7,13-17,20-21,43H2,1H3,(H,45,46)(H,48,51)(H,53,54)/t28-,32-,42-/m0/s1. The summed E-state index contributed by atoms with van der Waals surface area (Å²) in [5, 5.41) is 17.2. The molecule has 0 bridgehead atoms. The van der Waals surface area contributed by atoms with Gasteiger partial charge in [0.2, 0.25) is 5.91 Å². The van der Waals surface area contributed by atoms with E-state index >= 15 is 0 Å². The molecule has 3 aliphatic heterocycles. The fraction of sp³-hybridized carbons (Fsp3) is 0.357. The minimum absolute atomic E-state index is 0.0972. The fourth-order valence-electron chi connectivity index (χ4n) is 8.42. The second-order valence-corrected chi connectivity index (χ2v) is 14.9. The highest BCUT2D eigenvalue weighted by Crippen LogP contribution is 2.46. The van der Waals surface area contributed by atoms with Gasteiger partial charge in [0.05, 0.1) is 64.8 Å². The molecule has 0 aliphatic carbocycles. The molecule has 6 N–H and O–H groups in total. The largest absolute Gasteiger partial charge is 0.480 e. The van der Waals surface area contributed by atoms with E-state index in [0.29, 0.717) is 61.2 Å². The molecule has 2 aromatic carbocycles. The highest BCUT2D eigenvalue weighted by atomic mass is 16.5. The molecule has 0 saturated heterocycles. The highest BCUT2D eigenvalue weighted by molar-refractivity contribution is 6.09. The number of aliphatic imine (C=N–C) groups is 1. The summed E-state index contributed by atoms with van der Waals surface area (Å²) in [6.45, 7) is 2.24. The number of rotatable bonds is 15. The zero-order valence-electron chi connectivity index (χ0n) is 31.4. The number of anilines is 1. The summed E-state index contributed by atoms with van der Waals surface area (Å²) in [4.78, 5) is 77.6. The van der Waals surface area contributed by atoms with Gasteiger partial charge in [-0.15, -0.1) is 0 Å². The quantitative estimate of drug-likeness (QED) is 0.0710. The first kappa shape index (κ1) is 37.6. The van der Waals surface area contributed by atoms with Crippen molar-refractivity contribution in [1.82, 2.24) is 19.9 Å². The molecule has 8 rings (SSSR count). The Labute approximate surface area is 326 Å².